The van der Waals surface area contributed by atoms with Crippen LogP contribution in [0, 0.1) is 0 Å². The Morgan fingerprint density at radius 1 is 0.500 bits per heavy atom. The maximum atomic E-state index is 7.07. The van der Waals surface area contributed by atoms with Crippen LogP contribution >= 0.6 is 11.8 Å². The molecule has 1 fully saturated rings. The summed E-state index contributed by atoms with van der Waals surface area (Å²) >= 11 is 1.65. The lowest BCUT2D eigenvalue weighted by molar-refractivity contribution is -0.306. The average Bonchev–Trinajstić information content (AvgIpc) is 3.15. The van der Waals surface area contributed by atoms with Gasteiger partial charge < -0.3 is 47.4 Å². The largest absolute Gasteiger partial charge is 0.379 e. The van der Waals surface area contributed by atoms with Crippen molar-refractivity contribution < 1.29 is 47.4 Å². The highest BCUT2D eigenvalue weighted by atomic mass is 32.2. The Bertz CT molecular complexity index is 752. The molecule has 0 bridgehead atoms. The maximum Gasteiger partial charge on any atom is 0.181 e. The van der Waals surface area contributed by atoms with E-state index < -0.39 is 18.5 Å². The number of hydrogen-bond acceptors (Lipinski definition) is 11. The predicted octanol–water partition coefficient (Wildman–Crippen LogP) is 8.99. The second-order valence-corrected chi connectivity index (χ2v) is 14.8. The van der Waals surface area contributed by atoms with Crippen LogP contribution in [0.1, 0.15) is 138 Å². The molecule has 1 rings (SSSR count). The summed E-state index contributed by atoms with van der Waals surface area (Å²) in [7, 11) is 0. The topological polar surface area (TPSA) is 92.3 Å². The molecule has 52 heavy (non-hydrogen) atoms. The third kappa shape index (κ3) is 22.5. The van der Waals surface area contributed by atoms with Crippen LogP contribution in [0.4, 0.5) is 0 Å². The Labute approximate surface area is 324 Å². The fraction of sp³-hybridized carbons (Fsp3) is 1.00. The van der Waals surface area contributed by atoms with E-state index >= 15 is 0 Å². The van der Waals surface area contributed by atoms with Gasteiger partial charge in [0, 0.05) is 46.2 Å². The average molecular weight is 767 g/mol. The fourth-order valence-corrected chi connectivity index (χ4v) is 6.34. The Morgan fingerprint density at radius 2 is 0.962 bits per heavy atom. The number of ether oxygens (including phenoxy) is 10. The first-order chi connectivity index (χ1) is 25.5. The normalized spacial score (nSPS) is 22.5. The zero-order chi connectivity index (χ0) is 38.1. The van der Waals surface area contributed by atoms with Gasteiger partial charge in [0.05, 0.1) is 26.4 Å². The van der Waals surface area contributed by atoms with E-state index in [0.717, 1.165) is 89.9 Å². The van der Waals surface area contributed by atoms with Gasteiger partial charge in [-0.25, -0.2) is 0 Å². The second-order valence-electron chi connectivity index (χ2n) is 13.8. The van der Waals surface area contributed by atoms with Crippen LogP contribution in [0.15, 0.2) is 0 Å². The van der Waals surface area contributed by atoms with Crippen LogP contribution < -0.4 is 0 Å². The molecule has 1 heterocycles. The van der Waals surface area contributed by atoms with Gasteiger partial charge in [0.25, 0.3) is 0 Å². The van der Waals surface area contributed by atoms with Gasteiger partial charge in [-0.15, -0.1) is 11.8 Å². The summed E-state index contributed by atoms with van der Waals surface area (Å²) in [6.45, 7) is 21.1. The van der Waals surface area contributed by atoms with Gasteiger partial charge in [-0.1, -0.05) is 93.4 Å². The summed E-state index contributed by atoms with van der Waals surface area (Å²) in [5.41, 5.74) is -0.223. The SMILES string of the molecule is CCCCOCC1O[C@@H](SC)[C@@H](OCCCC)C(OCCCC)[C@@H]1O[C@@H](COCCCC)OC(COCCCC)[C@@H](COCCCC)OCCCC. The number of unbranched alkanes of at least 4 members (excludes halogenated alkanes) is 7. The number of thioether (sulfide) groups is 1. The zero-order valence-electron chi connectivity index (χ0n) is 34.8. The molecule has 0 radical (unpaired) electrons. The van der Waals surface area contributed by atoms with Crippen LogP contribution in [0.25, 0.3) is 0 Å². The van der Waals surface area contributed by atoms with Crippen LogP contribution in [0.2, 0.25) is 0 Å². The van der Waals surface area contributed by atoms with Gasteiger partial charge in [0.15, 0.2) is 6.29 Å². The summed E-state index contributed by atoms with van der Waals surface area (Å²) in [4.78, 5) is 0. The highest BCUT2D eigenvalue weighted by molar-refractivity contribution is 7.99. The summed E-state index contributed by atoms with van der Waals surface area (Å²) < 4.78 is 65.4. The van der Waals surface area contributed by atoms with Crippen molar-refractivity contribution >= 4 is 11.8 Å². The Morgan fingerprint density at radius 3 is 1.50 bits per heavy atom. The van der Waals surface area contributed by atoms with Crippen LogP contribution in [-0.4, -0.2) is 127 Å². The summed E-state index contributed by atoms with van der Waals surface area (Å²) in [5.74, 6) is 0. The molecule has 0 amide bonds. The lowest BCUT2D eigenvalue weighted by Gasteiger charge is -2.46. The van der Waals surface area contributed by atoms with E-state index in [0.29, 0.717) is 66.1 Å². The van der Waals surface area contributed by atoms with Crippen LogP contribution in [0.3, 0.4) is 0 Å². The third-order valence-corrected chi connectivity index (χ3v) is 9.83. The first kappa shape index (κ1) is 50.0. The van der Waals surface area contributed by atoms with Gasteiger partial charge in [0.2, 0.25) is 0 Å². The summed E-state index contributed by atoms with van der Waals surface area (Å²) in [6, 6.07) is 0. The predicted molar refractivity (Wildman–Crippen MR) is 213 cm³/mol. The Hall–Kier alpha value is -0.0500. The third-order valence-electron chi connectivity index (χ3n) is 8.99. The molecule has 0 aromatic heterocycles. The highest BCUT2D eigenvalue weighted by Crippen LogP contribution is 2.34. The molecule has 0 saturated carbocycles. The Balaban J connectivity index is 3.55. The summed E-state index contributed by atoms with van der Waals surface area (Å²) in [6.07, 6.45) is 13.1. The molecule has 11 heteroatoms. The first-order valence-corrected chi connectivity index (χ1v) is 22.5. The maximum absolute atomic E-state index is 7.07. The van der Waals surface area contributed by atoms with Crippen molar-refractivity contribution in [3.8, 4) is 0 Å². The molecule has 0 aromatic rings. The van der Waals surface area contributed by atoms with Crippen molar-refractivity contribution in [1.29, 1.82) is 0 Å². The molecule has 8 atom stereocenters. The molecule has 3 unspecified atom stereocenters. The van der Waals surface area contributed by atoms with Crippen molar-refractivity contribution in [3.05, 3.63) is 0 Å². The van der Waals surface area contributed by atoms with E-state index in [1.165, 1.54) is 0 Å². The van der Waals surface area contributed by atoms with Gasteiger partial charge in [-0.2, -0.15) is 0 Å². The van der Waals surface area contributed by atoms with Crippen LogP contribution in [0.5, 0.6) is 0 Å². The Kier molecular flexibility index (Phi) is 34.0. The zero-order valence-corrected chi connectivity index (χ0v) is 35.6. The molecular weight excluding hydrogens is 685 g/mol. The van der Waals surface area contributed by atoms with Gasteiger partial charge in [0.1, 0.15) is 42.1 Å². The summed E-state index contributed by atoms with van der Waals surface area (Å²) in [5, 5.41) is 0. The molecule has 312 valence electrons. The lowest BCUT2D eigenvalue weighted by atomic mass is 9.99. The van der Waals surface area contributed by atoms with E-state index in [9.17, 15) is 0 Å². The minimum atomic E-state index is -0.740. The van der Waals surface area contributed by atoms with E-state index in [1.807, 2.05) is 0 Å². The van der Waals surface area contributed by atoms with Crippen molar-refractivity contribution in [2.45, 2.75) is 187 Å². The van der Waals surface area contributed by atoms with Gasteiger partial charge in [-0.3, -0.25) is 0 Å². The van der Waals surface area contributed by atoms with Crippen molar-refractivity contribution in [2.75, 3.05) is 78.9 Å². The first-order valence-electron chi connectivity index (χ1n) is 21.2. The van der Waals surface area contributed by atoms with E-state index in [1.54, 1.807) is 11.8 Å². The number of rotatable bonds is 38. The lowest BCUT2D eigenvalue weighted by Crippen LogP contribution is -2.62. The van der Waals surface area contributed by atoms with Crippen LogP contribution in [-0.2, 0) is 47.4 Å². The molecule has 1 aliphatic heterocycles. The molecule has 10 nitrogen and oxygen atoms in total. The van der Waals surface area contributed by atoms with Gasteiger partial charge >= 0.3 is 0 Å². The minimum absolute atomic E-state index is 0.223. The standard InChI is InChI=1S/C41H82O10S/c1-9-16-23-42-30-34(46-27-20-13-5)35(31-43-24-17-10-2)49-37(33-45-26-19-12-4)51-38-36(32-44-25-18-11-3)50-41(52-8)40(48-29-22-15-7)39(38)47-28-21-14-6/h34-41H,9-33H2,1-8H3/t34-,35?,36?,37+,38-,39?,40+,41+/m1/s1. The smallest absolute Gasteiger partial charge is 0.181 e. The molecule has 0 aromatic carbocycles. The van der Waals surface area contributed by atoms with E-state index in [-0.39, 0.29) is 36.5 Å². The quantitative estimate of drug-likeness (QED) is 0.0446. The van der Waals surface area contributed by atoms with E-state index in [4.69, 9.17) is 47.4 Å². The van der Waals surface area contributed by atoms with E-state index in [2.05, 4.69) is 54.7 Å². The molecule has 1 saturated heterocycles. The van der Waals surface area contributed by atoms with Crippen molar-refractivity contribution in [3.63, 3.8) is 0 Å². The molecule has 1 aliphatic rings. The highest BCUT2D eigenvalue weighted by Gasteiger charge is 2.49. The van der Waals surface area contributed by atoms with Crippen molar-refractivity contribution in [1.82, 2.24) is 0 Å². The molecule has 0 N–H and O–H groups in total. The molecular formula is C41H82O10S. The minimum Gasteiger partial charge on any atom is -0.379 e. The molecule has 0 aliphatic carbocycles. The fourth-order valence-electron chi connectivity index (χ4n) is 5.58. The second kappa shape index (κ2) is 35.4. The van der Waals surface area contributed by atoms with Crippen molar-refractivity contribution in [2.24, 2.45) is 0 Å². The number of hydrogen-bond donors (Lipinski definition) is 0. The van der Waals surface area contributed by atoms with Gasteiger partial charge in [-0.05, 0) is 51.2 Å². The molecule has 0 spiro atoms. The monoisotopic (exact) mass is 767 g/mol.